The van der Waals surface area contributed by atoms with Gasteiger partial charge in [0.05, 0.1) is 25.5 Å². The summed E-state index contributed by atoms with van der Waals surface area (Å²) in [5.41, 5.74) is 7.56. The van der Waals surface area contributed by atoms with Crippen LogP contribution in [0.2, 0.25) is 0 Å². The first kappa shape index (κ1) is 13.2. The van der Waals surface area contributed by atoms with Gasteiger partial charge in [0.15, 0.2) is 6.29 Å². The van der Waals surface area contributed by atoms with Gasteiger partial charge in [0.1, 0.15) is 5.75 Å². The van der Waals surface area contributed by atoms with E-state index in [0.29, 0.717) is 18.2 Å². The van der Waals surface area contributed by atoms with Gasteiger partial charge in [-0.15, -0.1) is 0 Å². The maximum atomic E-state index is 5.98. The lowest BCUT2D eigenvalue weighted by Crippen LogP contribution is -2.18. The van der Waals surface area contributed by atoms with Crippen molar-refractivity contribution < 1.29 is 14.2 Å². The Kier molecular flexibility index (Phi) is 4.44. The highest BCUT2D eigenvalue weighted by atomic mass is 16.7. The smallest absolute Gasteiger partial charge is 0.183 e. The fraction of sp³-hybridized carbons (Fsp3) is 0.571. The van der Waals surface area contributed by atoms with Crippen molar-refractivity contribution in [3.05, 3.63) is 23.8 Å². The van der Waals surface area contributed by atoms with Crippen LogP contribution in [0, 0.1) is 5.92 Å². The first-order valence-corrected chi connectivity index (χ1v) is 6.42. The van der Waals surface area contributed by atoms with Crippen molar-refractivity contribution in [1.82, 2.24) is 0 Å². The van der Waals surface area contributed by atoms with E-state index < -0.39 is 0 Å². The first-order chi connectivity index (χ1) is 8.66. The molecule has 18 heavy (non-hydrogen) atoms. The monoisotopic (exact) mass is 251 g/mol. The molecule has 0 spiro atoms. The van der Waals surface area contributed by atoms with Gasteiger partial charge in [-0.3, -0.25) is 0 Å². The Labute approximate surface area is 108 Å². The Morgan fingerprint density at radius 3 is 2.67 bits per heavy atom. The lowest BCUT2D eigenvalue weighted by Gasteiger charge is -2.24. The standard InChI is InChI=1S/C14H21NO3/c1-10(2)9-18-13-5-4-11(8-12(13)15)14-16-6-3-7-17-14/h4-5,8,10,14H,3,6-7,9,15H2,1-2H3. The second-order valence-corrected chi connectivity index (χ2v) is 4.93. The highest BCUT2D eigenvalue weighted by Gasteiger charge is 2.17. The van der Waals surface area contributed by atoms with Crippen LogP contribution >= 0.6 is 0 Å². The van der Waals surface area contributed by atoms with Crippen molar-refractivity contribution in [2.45, 2.75) is 26.6 Å². The van der Waals surface area contributed by atoms with Gasteiger partial charge in [0, 0.05) is 5.56 Å². The van der Waals surface area contributed by atoms with Gasteiger partial charge in [-0.25, -0.2) is 0 Å². The van der Waals surface area contributed by atoms with Crippen LogP contribution in [-0.2, 0) is 9.47 Å². The normalized spacial score (nSPS) is 17.1. The predicted octanol–water partition coefficient (Wildman–Crippen LogP) is 2.74. The van der Waals surface area contributed by atoms with Gasteiger partial charge in [-0.1, -0.05) is 19.9 Å². The van der Waals surface area contributed by atoms with E-state index in [1.165, 1.54) is 0 Å². The zero-order valence-electron chi connectivity index (χ0n) is 11.0. The second kappa shape index (κ2) is 6.07. The molecule has 0 aromatic heterocycles. The van der Waals surface area contributed by atoms with Crippen LogP contribution in [0.25, 0.3) is 0 Å². The molecule has 1 heterocycles. The number of rotatable bonds is 4. The minimum atomic E-state index is -0.291. The maximum absolute atomic E-state index is 5.98. The topological polar surface area (TPSA) is 53.7 Å². The van der Waals surface area contributed by atoms with Crippen LogP contribution in [0.1, 0.15) is 32.1 Å². The Hall–Kier alpha value is -1.26. The van der Waals surface area contributed by atoms with Crippen molar-refractivity contribution in [3.8, 4) is 5.75 Å². The van der Waals surface area contributed by atoms with E-state index >= 15 is 0 Å². The van der Waals surface area contributed by atoms with Gasteiger partial charge in [0.25, 0.3) is 0 Å². The lowest BCUT2D eigenvalue weighted by atomic mass is 10.1. The molecule has 1 aliphatic rings. The zero-order chi connectivity index (χ0) is 13.0. The molecule has 100 valence electrons. The molecule has 1 aliphatic heterocycles. The average molecular weight is 251 g/mol. The summed E-state index contributed by atoms with van der Waals surface area (Å²) in [7, 11) is 0. The summed E-state index contributed by atoms with van der Waals surface area (Å²) in [6, 6.07) is 5.70. The third-order valence-corrected chi connectivity index (χ3v) is 2.71. The molecule has 1 aromatic carbocycles. The molecule has 1 aromatic rings. The van der Waals surface area contributed by atoms with E-state index in [2.05, 4.69) is 13.8 Å². The lowest BCUT2D eigenvalue weighted by molar-refractivity contribution is -0.183. The highest BCUT2D eigenvalue weighted by molar-refractivity contribution is 5.54. The molecule has 0 aliphatic carbocycles. The van der Waals surface area contributed by atoms with Crippen LogP contribution in [0.4, 0.5) is 5.69 Å². The maximum Gasteiger partial charge on any atom is 0.183 e. The van der Waals surface area contributed by atoms with Gasteiger partial charge in [-0.2, -0.15) is 0 Å². The van der Waals surface area contributed by atoms with E-state index in [9.17, 15) is 0 Å². The fourth-order valence-corrected chi connectivity index (χ4v) is 1.78. The van der Waals surface area contributed by atoms with Gasteiger partial charge in [0.2, 0.25) is 0 Å². The summed E-state index contributed by atoms with van der Waals surface area (Å²) in [5, 5.41) is 0. The molecule has 0 unspecified atom stereocenters. The first-order valence-electron chi connectivity index (χ1n) is 6.42. The van der Waals surface area contributed by atoms with E-state index in [1.54, 1.807) is 0 Å². The van der Waals surface area contributed by atoms with Gasteiger partial charge >= 0.3 is 0 Å². The van der Waals surface area contributed by atoms with Crippen LogP contribution in [0.3, 0.4) is 0 Å². The summed E-state index contributed by atoms with van der Waals surface area (Å²) in [6.45, 7) is 6.34. The number of hydrogen-bond donors (Lipinski definition) is 1. The van der Waals surface area contributed by atoms with Crippen LogP contribution < -0.4 is 10.5 Å². The molecular formula is C14H21NO3. The van der Waals surface area contributed by atoms with Gasteiger partial charge in [-0.05, 0) is 24.5 Å². The van der Waals surface area contributed by atoms with Gasteiger partial charge < -0.3 is 19.9 Å². The second-order valence-electron chi connectivity index (χ2n) is 4.93. The van der Waals surface area contributed by atoms with Crippen LogP contribution in [-0.4, -0.2) is 19.8 Å². The summed E-state index contributed by atoms with van der Waals surface area (Å²) in [6.07, 6.45) is 0.655. The molecule has 0 bridgehead atoms. The predicted molar refractivity (Wildman–Crippen MR) is 70.4 cm³/mol. The number of nitrogen functional groups attached to an aromatic ring is 1. The van der Waals surface area contributed by atoms with Crippen molar-refractivity contribution in [3.63, 3.8) is 0 Å². The molecule has 2 rings (SSSR count). The molecular weight excluding hydrogens is 230 g/mol. The van der Waals surface area contributed by atoms with E-state index in [1.807, 2.05) is 18.2 Å². The molecule has 4 nitrogen and oxygen atoms in total. The Morgan fingerprint density at radius 1 is 1.33 bits per heavy atom. The minimum Gasteiger partial charge on any atom is -0.491 e. The number of nitrogens with two attached hydrogens (primary N) is 1. The molecule has 1 fully saturated rings. The molecule has 2 N–H and O–H groups in total. The van der Waals surface area contributed by atoms with Crippen molar-refractivity contribution >= 4 is 5.69 Å². The van der Waals surface area contributed by atoms with Crippen molar-refractivity contribution in [2.75, 3.05) is 25.6 Å². The molecule has 4 heteroatoms. The highest BCUT2D eigenvalue weighted by Crippen LogP contribution is 2.29. The molecule has 0 amide bonds. The van der Waals surface area contributed by atoms with E-state index in [0.717, 1.165) is 30.9 Å². The third-order valence-electron chi connectivity index (χ3n) is 2.71. The van der Waals surface area contributed by atoms with Crippen LogP contribution in [0.5, 0.6) is 5.75 Å². The SMILES string of the molecule is CC(C)COc1ccc(C2OCCCO2)cc1N. The zero-order valence-corrected chi connectivity index (χ0v) is 11.0. The number of anilines is 1. The largest absolute Gasteiger partial charge is 0.491 e. The Bertz CT molecular complexity index is 387. The number of hydrogen-bond acceptors (Lipinski definition) is 4. The average Bonchev–Trinajstić information content (AvgIpc) is 2.38. The molecule has 0 saturated carbocycles. The number of ether oxygens (including phenoxy) is 3. The third kappa shape index (κ3) is 3.37. The molecule has 1 saturated heterocycles. The summed E-state index contributed by atoms with van der Waals surface area (Å²) >= 11 is 0. The van der Waals surface area contributed by atoms with E-state index in [-0.39, 0.29) is 6.29 Å². The quantitative estimate of drug-likeness (QED) is 0.836. The Balaban J connectivity index is 2.04. The Morgan fingerprint density at radius 2 is 2.06 bits per heavy atom. The molecule has 0 atom stereocenters. The summed E-state index contributed by atoms with van der Waals surface area (Å²) < 4.78 is 16.7. The molecule has 0 radical (unpaired) electrons. The number of benzene rings is 1. The van der Waals surface area contributed by atoms with E-state index in [4.69, 9.17) is 19.9 Å². The van der Waals surface area contributed by atoms with Crippen molar-refractivity contribution in [1.29, 1.82) is 0 Å². The summed E-state index contributed by atoms with van der Waals surface area (Å²) in [4.78, 5) is 0. The van der Waals surface area contributed by atoms with Crippen molar-refractivity contribution in [2.24, 2.45) is 5.92 Å². The fourth-order valence-electron chi connectivity index (χ4n) is 1.78. The minimum absolute atomic E-state index is 0.291. The van der Waals surface area contributed by atoms with Crippen LogP contribution in [0.15, 0.2) is 18.2 Å². The summed E-state index contributed by atoms with van der Waals surface area (Å²) in [5.74, 6) is 1.21.